The van der Waals surface area contributed by atoms with Gasteiger partial charge in [0.25, 0.3) is 5.91 Å². The number of imide groups is 1. The van der Waals surface area contributed by atoms with Crippen molar-refractivity contribution >= 4 is 17.7 Å². The summed E-state index contributed by atoms with van der Waals surface area (Å²) in [5.74, 6) is -0.577. The average molecular weight is 328 g/mol. The molecular formula is C19H24N2O3. The average Bonchev–Trinajstić information content (AvgIpc) is 2.83. The normalized spacial score (nSPS) is 18.9. The van der Waals surface area contributed by atoms with Gasteiger partial charge in [0.15, 0.2) is 0 Å². The molecular weight excluding hydrogens is 304 g/mol. The molecule has 2 aliphatic rings. The summed E-state index contributed by atoms with van der Waals surface area (Å²) in [5.41, 5.74) is 1.34. The Morgan fingerprint density at radius 3 is 2.54 bits per heavy atom. The van der Waals surface area contributed by atoms with E-state index in [9.17, 15) is 14.4 Å². The van der Waals surface area contributed by atoms with E-state index < -0.39 is 0 Å². The zero-order valence-electron chi connectivity index (χ0n) is 13.9. The quantitative estimate of drug-likeness (QED) is 0.682. The van der Waals surface area contributed by atoms with Crippen molar-refractivity contribution in [3.63, 3.8) is 0 Å². The van der Waals surface area contributed by atoms with E-state index in [2.05, 4.69) is 5.32 Å². The van der Waals surface area contributed by atoms with Crippen molar-refractivity contribution in [3.05, 3.63) is 35.4 Å². The second kappa shape index (κ2) is 7.60. The van der Waals surface area contributed by atoms with Crippen molar-refractivity contribution in [1.82, 2.24) is 10.2 Å². The van der Waals surface area contributed by atoms with Crippen molar-refractivity contribution in [1.29, 1.82) is 0 Å². The van der Waals surface area contributed by atoms with Gasteiger partial charge in [-0.1, -0.05) is 43.9 Å². The van der Waals surface area contributed by atoms with Crippen LogP contribution in [0.25, 0.3) is 0 Å². The molecule has 1 heterocycles. The van der Waals surface area contributed by atoms with Crippen LogP contribution in [0, 0.1) is 0 Å². The van der Waals surface area contributed by atoms with E-state index in [0.717, 1.165) is 31.2 Å². The predicted octanol–water partition coefficient (Wildman–Crippen LogP) is 2.44. The third-order valence-corrected chi connectivity index (χ3v) is 4.92. The fraction of sp³-hybridized carbons (Fsp3) is 0.526. The second-order valence-corrected chi connectivity index (χ2v) is 6.69. The van der Waals surface area contributed by atoms with Gasteiger partial charge in [-0.3, -0.25) is 19.3 Å². The molecule has 0 atom stereocenters. The number of fused-ring (bicyclic) bond motifs is 1. The second-order valence-electron chi connectivity index (χ2n) is 6.69. The molecule has 0 radical (unpaired) electrons. The van der Waals surface area contributed by atoms with Crippen molar-refractivity contribution in [2.24, 2.45) is 0 Å². The highest BCUT2D eigenvalue weighted by Gasteiger charge is 2.30. The highest BCUT2D eigenvalue weighted by Crippen LogP contribution is 2.20. The monoisotopic (exact) mass is 328 g/mol. The zero-order valence-corrected chi connectivity index (χ0v) is 13.9. The van der Waals surface area contributed by atoms with Crippen molar-refractivity contribution in [2.75, 3.05) is 6.54 Å². The van der Waals surface area contributed by atoms with Crippen LogP contribution in [0.5, 0.6) is 0 Å². The van der Waals surface area contributed by atoms with Gasteiger partial charge in [0.2, 0.25) is 11.8 Å². The van der Waals surface area contributed by atoms with E-state index in [4.69, 9.17) is 0 Å². The molecule has 1 aliphatic heterocycles. The first-order valence-corrected chi connectivity index (χ1v) is 8.87. The van der Waals surface area contributed by atoms with Crippen LogP contribution in [0.4, 0.5) is 0 Å². The SMILES string of the molecule is O=C(CCN1C(=O)Cc2ccccc2C1=O)NC1CCCCCC1. The van der Waals surface area contributed by atoms with Crippen molar-refractivity contribution in [3.8, 4) is 0 Å². The number of hydrogen-bond acceptors (Lipinski definition) is 3. The predicted molar refractivity (Wildman–Crippen MR) is 90.4 cm³/mol. The molecule has 5 heteroatoms. The Hall–Kier alpha value is -2.17. The van der Waals surface area contributed by atoms with E-state index in [1.807, 2.05) is 6.07 Å². The Labute approximate surface area is 142 Å². The molecule has 1 aromatic carbocycles. The summed E-state index contributed by atoms with van der Waals surface area (Å²) in [5, 5.41) is 3.06. The van der Waals surface area contributed by atoms with Gasteiger partial charge in [-0.05, 0) is 24.5 Å². The summed E-state index contributed by atoms with van der Waals surface area (Å²) in [6, 6.07) is 7.41. The number of nitrogens with one attached hydrogen (secondary N) is 1. The van der Waals surface area contributed by atoms with Gasteiger partial charge in [0.05, 0.1) is 6.42 Å². The molecule has 3 rings (SSSR count). The smallest absolute Gasteiger partial charge is 0.260 e. The zero-order chi connectivity index (χ0) is 16.9. The van der Waals surface area contributed by atoms with Gasteiger partial charge < -0.3 is 5.32 Å². The molecule has 1 aliphatic carbocycles. The van der Waals surface area contributed by atoms with Crippen LogP contribution in [0.2, 0.25) is 0 Å². The molecule has 1 saturated carbocycles. The lowest BCUT2D eigenvalue weighted by Crippen LogP contribution is -2.44. The minimum Gasteiger partial charge on any atom is -0.353 e. The Bertz CT molecular complexity index is 633. The van der Waals surface area contributed by atoms with Crippen LogP contribution in [-0.4, -0.2) is 35.2 Å². The van der Waals surface area contributed by atoms with Gasteiger partial charge in [0.1, 0.15) is 0 Å². The molecule has 3 amide bonds. The molecule has 1 N–H and O–H groups in total. The first-order valence-electron chi connectivity index (χ1n) is 8.87. The maximum Gasteiger partial charge on any atom is 0.260 e. The number of rotatable bonds is 4. The summed E-state index contributed by atoms with van der Waals surface area (Å²) in [6.45, 7) is 0.157. The van der Waals surface area contributed by atoms with Crippen LogP contribution in [-0.2, 0) is 16.0 Å². The van der Waals surface area contributed by atoms with E-state index in [-0.39, 0.29) is 43.1 Å². The van der Waals surface area contributed by atoms with Crippen LogP contribution < -0.4 is 5.32 Å². The third kappa shape index (κ3) is 3.83. The standard InChI is InChI=1S/C19H24N2O3/c22-17(20-15-8-3-1-2-4-9-15)11-12-21-18(23)13-14-7-5-6-10-16(14)19(21)24/h5-7,10,15H,1-4,8-9,11-13H2,(H,20,22). The van der Waals surface area contributed by atoms with E-state index in [1.54, 1.807) is 18.2 Å². The molecule has 0 saturated heterocycles. The lowest BCUT2D eigenvalue weighted by atomic mass is 9.98. The molecule has 0 spiro atoms. The van der Waals surface area contributed by atoms with Crippen molar-refractivity contribution < 1.29 is 14.4 Å². The maximum atomic E-state index is 12.4. The van der Waals surface area contributed by atoms with E-state index >= 15 is 0 Å². The van der Waals surface area contributed by atoms with Crippen LogP contribution in [0.3, 0.4) is 0 Å². The number of hydrogen-bond donors (Lipinski definition) is 1. The molecule has 5 nitrogen and oxygen atoms in total. The summed E-state index contributed by atoms with van der Waals surface area (Å²) in [7, 11) is 0. The highest BCUT2D eigenvalue weighted by atomic mass is 16.2. The number of benzene rings is 1. The molecule has 24 heavy (non-hydrogen) atoms. The molecule has 1 aromatic rings. The molecule has 128 valence electrons. The van der Waals surface area contributed by atoms with E-state index in [1.165, 1.54) is 17.7 Å². The molecule has 0 bridgehead atoms. The van der Waals surface area contributed by atoms with Gasteiger partial charge in [0, 0.05) is 24.6 Å². The van der Waals surface area contributed by atoms with Crippen molar-refractivity contribution in [2.45, 2.75) is 57.4 Å². The van der Waals surface area contributed by atoms with Crippen LogP contribution >= 0.6 is 0 Å². The lowest BCUT2D eigenvalue weighted by molar-refractivity contribution is -0.129. The Morgan fingerprint density at radius 2 is 1.79 bits per heavy atom. The van der Waals surface area contributed by atoms with Crippen LogP contribution in [0.15, 0.2) is 24.3 Å². The number of carbonyl (C=O) groups is 3. The number of carbonyl (C=O) groups excluding carboxylic acids is 3. The van der Waals surface area contributed by atoms with Gasteiger partial charge >= 0.3 is 0 Å². The summed E-state index contributed by atoms with van der Waals surface area (Å²) < 4.78 is 0. The topological polar surface area (TPSA) is 66.5 Å². The van der Waals surface area contributed by atoms with Gasteiger partial charge in [-0.25, -0.2) is 0 Å². The van der Waals surface area contributed by atoms with Gasteiger partial charge in [-0.15, -0.1) is 0 Å². The fourth-order valence-corrected chi connectivity index (χ4v) is 3.56. The highest BCUT2D eigenvalue weighted by molar-refractivity contribution is 6.09. The van der Waals surface area contributed by atoms with Gasteiger partial charge in [-0.2, -0.15) is 0 Å². The lowest BCUT2D eigenvalue weighted by Gasteiger charge is -2.27. The fourth-order valence-electron chi connectivity index (χ4n) is 3.56. The molecule has 0 unspecified atom stereocenters. The minimum atomic E-state index is -0.288. The Balaban J connectivity index is 1.55. The van der Waals surface area contributed by atoms with Crippen LogP contribution in [0.1, 0.15) is 60.9 Å². The summed E-state index contributed by atoms with van der Waals surface area (Å²) in [6.07, 6.45) is 7.25. The summed E-state index contributed by atoms with van der Waals surface area (Å²) >= 11 is 0. The maximum absolute atomic E-state index is 12.4. The number of nitrogens with zero attached hydrogens (tertiary/aromatic N) is 1. The van der Waals surface area contributed by atoms with E-state index in [0.29, 0.717) is 5.56 Å². The summed E-state index contributed by atoms with van der Waals surface area (Å²) in [4.78, 5) is 38.0. The largest absolute Gasteiger partial charge is 0.353 e. The Morgan fingerprint density at radius 1 is 1.08 bits per heavy atom. The molecule has 0 aromatic heterocycles. The number of amides is 3. The minimum absolute atomic E-state index is 0.0682. The third-order valence-electron chi connectivity index (χ3n) is 4.92. The first kappa shape index (κ1) is 16.7. The molecule has 1 fully saturated rings. The Kier molecular flexibility index (Phi) is 5.28. The first-order chi connectivity index (χ1) is 11.6.